The molecule has 0 unspecified atom stereocenters. The van der Waals surface area contributed by atoms with E-state index in [0.29, 0.717) is 36.7 Å². The highest BCUT2D eigenvalue weighted by atomic mass is 19.2. The standard InChI is InChI=1S/C22H25F2NO2/c23-20-6-3-16(9-21(20)24)10-22(27)11-17-13-25(14-18(17)12-22)8-7-15-1-4-19(26)5-2-15/h1-6,9,17-18,26-27H,7-8,10-14H2/t17-,18+,22-. The van der Waals surface area contributed by atoms with E-state index in [1.54, 1.807) is 18.2 Å². The predicted octanol–water partition coefficient (Wildman–Crippen LogP) is 3.53. The number of aliphatic hydroxyl groups is 1. The maximum absolute atomic E-state index is 13.4. The number of benzene rings is 2. The topological polar surface area (TPSA) is 43.7 Å². The molecule has 3 nitrogen and oxygen atoms in total. The van der Waals surface area contributed by atoms with Crippen LogP contribution >= 0.6 is 0 Å². The van der Waals surface area contributed by atoms with Crippen LogP contribution in [0.15, 0.2) is 42.5 Å². The van der Waals surface area contributed by atoms with Crippen LogP contribution in [0, 0.1) is 23.5 Å². The summed E-state index contributed by atoms with van der Waals surface area (Å²) in [4.78, 5) is 2.44. The van der Waals surface area contributed by atoms with Crippen molar-refractivity contribution in [2.24, 2.45) is 11.8 Å². The minimum absolute atomic E-state index is 0.287. The SMILES string of the molecule is Oc1ccc(CCN2C[C@@H]3C[C@@](O)(Cc4ccc(F)c(F)c4)C[C@@H]3C2)cc1. The maximum Gasteiger partial charge on any atom is 0.159 e. The summed E-state index contributed by atoms with van der Waals surface area (Å²) in [6.45, 7) is 2.92. The predicted molar refractivity (Wildman–Crippen MR) is 99.5 cm³/mol. The second-order valence-corrected chi connectivity index (χ2v) is 8.25. The van der Waals surface area contributed by atoms with Gasteiger partial charge in [-0.05, 0) is 66.5 Å². The number of rotatable bonds is 5. The molecule has 0 aromatic heterocycles. The molecule has 2 aliphatic rings. The number of nitrogens with zero attached hydrogens (tertiary/aromatic N) is 1. The molecule has 5 heteroatoms. The van der Waals surface area contributed by atoms with E-state index in [4.69, 9.17) is 0 Å². The first-order valence-electron chi connectivity index (χ1n) is 9.57. The van der Waals surface area contributed by atoms with Gasteiger partial charge in [0, 0.05) is 26.1 Å². The molecule has 3 atom stereocenters. The van der Waals surface area contributed by atoms with Gasteiger partial charge in [-0.25, -0.2) is 8.78 Å². The molecule has 1 aliphatic carbocycles. The lowest BCUT2D eigenvalue weighted by Gasteiger charge is -2.26. The molecule has 144 valence electrons. The van der Waals surface area contributed by atoms with E-state index >= 15 is 0 Å². The van der Waals surface area contributed by atoms with Crippen molar-refractivity contribution in [3.63, 3.8) is 0 Å². The van der Waals surface area contributed by atoms with Crippen LogP contribution in [0.4, 0.5) is 8.78 Å². The van der Waals surface area contributed by atoms with E-state index in [-0.39, 0.29) is 5.75 Å². The number of phenols is 1. The van der Waals surface area contributed by atoms with Crippen LogP contribution < -0.4 is 0 Å². The zero-order valence-corrected chi connectivity index (χ0v) is 15.2. The number of hydrogen-bond donors (Lipinski definition) is 2. The largest absolute Gasteiger partial charge is 0.508 e. The summed E-state index contributed by atoms with van der Waals surface area (Å²) in [7, 11) is 0. The fourth-order valence-electron chi connectivity index (χ4n) is 4.86. The lowest BCUT2D eigenvalue weighted by molar-refractivity contribution is 0.0354. The van der Waals surface area contributed by atoms with Crippen molar-refractivity contribution >= 4 is 0 Å². The summed E-state index contributed by atoms with van der Waals surface area (Å²) in [5.41, 5.74) is 1.04. The van der Waals surface area contributed by atoms with Crippen molar-refractivity contribution in [3.05, 3.63) is 65.2 Å². The lowest BCUT2D eigenvalue weighted by atomic mass is 9.91. The molecule has 27 heavy (non-hydrogen) atoms. The molecular formula is C22H25F2NO2. The van der Waals surface area contributed by atoms with Crippen molar-refractivity contribution in [3.8, 4) is 5.75 Å². The average molecular weight is 373 g/mol. The van der Waals surface area contributed by atoms with Crippen LogP contribution in [0.2, 0.25) is 0 Å². The van der Waals surface area contributed by atoms with Crippen LogP contribution in [-0.2, 0) is 12.8 Å². The molecule has 4 rings (SSSR count). The quantitative estimate of drug-likeness (QED) is 0.843. The second-order valence-electron chi connectivity index (χ2n) is 8.25. The molecule has 1 aliphatic heterocycles. The summed E-state index contributed by atoms with van der Waals surface area (Å²) in [5, 5.41) is 20.3. The molecular weight excluding hydrogens is 348 g/mol. The van der Waals surface area contributed by atoms with E-state index in [1.165, 1.54) is 11.6 Å². The third kappa shape index (κ3) is 4.14. The van der Waals surface area contributed by atoms with E-state index in [9.17, 15) is 19.0 Å². The van der Waals surface area contributed by atoms with Gasteiger partial charge in [0.25, 0.3) is 0 Å². The van der Waals surface area contributed by atoms with Gasteiger partial charge in [0.2, 0.25) is 0 Å². The van der Waals surface area contributed by atoms with Crippen molar-refractivity contribution < 1.29 is 19.0 Å². The Morgan fingerprint density at radius 3 is 2.19 bits per heavy atom. The minimum Gasteiger partial charge on any atom is -0.508 e. The molecule has 0 radical (unpaired) electrons. The Labute approximate surface area is 158 Å². The van der Waals surface area contributed by atoms with Crippen molar-refractivity contribution in [2.45, 2.75) is 31.3 Å². The molecule has 2 N–H and O–H groups in total. The summed E-state index contributed by atoms with van der Waals surface area (Å²) in [6, 6.07) is 11.2. The van der Waals surface area contributed by atoms with Gasteiger partial charge in [0.15, 0.2) is 11.6 Å². The Bertz CT molecular complexity index is 794. The van der Waals surface area contributed by atoms with E-state index in [1.807, 2.05) is 12.1 Å². The highest BCUT2D eigenvalue weighted by Crippen LogP contribution is 2.45. The Morgan fingerprint density at radius 2 is 1.56 bits per heavy atom. The van der Waals surface area contributed by atoms with Gasteiger partial charge in [0.05, 0.1) is 5.60 Å². The summed E-state index contributed by atoms with van der Waals surface area (Å²) < 4.78 is 26.5. The van der Waals surface area contributed by atoms with Crippen LogP contribution in [-0.4, -0.2) is 40.3 Å². The monoisotopic (exact) mass is 373 g/mol. The number of halogens is 2. The van der Waals surface area contributed by atoms with Gasteiger partial charge in [0.1, 0.15) is 5.75 Å². The van der Waals surface area contributed by atoms with Crippen LogP contribution in [0.3, 0.4) is 0 Å². The van der Waals surface area contributed by atoms with Crippen molar-refractivity contribution in [2.75, 3.05) is 19.6 Å². The van der Waals surface area contributed by atoms with Gasteiger partial charge in [-0.2, -0.15) is 0 Å². The minimum atomic E-state index is -0.852. The molecule has 2 aromatic carbocycles. The Kier molecular flexibility index (Phi) is 4.91. The van der Waals surface area contributed by atoms with Crippen LogP contribution in [0.25, 0.3) is 0 Å². The fourth-order valence-corrected chi connectivity index (χ4v) is 4.86. The van der Waals surface area contributed by atoms with Gasteiger partial charge < -0.3 is 15.1 Å². The van der Waals surface area contributed by atoms with E-state index in [2.05, 4.69) is 4.90 Å². The average Bonchev–Trinajstić information content (AvgIpc) is 3.12. The third-order valence-electron chi connectivity index (χ3n) is 6.11. The summed E-state index contributed by atoms with van der Waals surface area (Å²) >= 11 is 0. The highest BCUT2D eigenvalue weighted by molar-refractivity contribution is 5.26. The molecule has 1 saturated heterocycles. The first-order chi connectivity index (χ1) is 12.9. The fraction of sp³-hybridized carbons (Fsp3) is 0.455. The first-order valence-corrected chi connectivity index (χ1v) is 9.57. The van der Waals surface area contributed by atoms with Gasteiger partial charge in [-0.15, -0.1) is 0 Å². The molecule has 1 saturated carbocycles. The Hall–Kier alpha value is -1.98. The Balaban J connectivity index is 1.30. The van der Waals surface area contributed by atoms with Crippen LogP contribution in [0.1, 0.15) is 24.0 Å². The Morgan fingerprint density at radius 1 is 0.926 bits per heavy atom. The number of likely N-dealkylation sites (tertiary alicyclic amines) is 1. The zero-order chi connectivity index (χ0) is 19.0. The van der Waals surface area contributed by atoms with Gasteiger partial charge >= 0.3 is 0 Å². The normalized spacial score (nSPS) is 27.8. The molecule has 0 amide bonds. The second kappa shape index (κ2) is 7.21. The van der Waals surface area contributed by atoms with Crippen molar-refractivity contribution in [1.29, 1.82) is 0 Å². The summed E-state index contributed by atoms with van der Waals surface area (Å²) in [5.74, 6) is -0.497. The van der Waals surface area contributed by atoms with Gasteiger partial charge in [-0.1, -0.05) is 18.2 Å². The molecule has 0 spiro atoms. The molecule has 2 aromatic rings. The smallest absolute Gasteiger partial charge is 0.159 e. The molecule has 2 fully saturated rings. The van der Waals surface area contributed by atoms with E-state index < -0.39 is 17.2 Å². The number of fused-ring (bicyclic) bond motifs is 1. The number of hydrogen-bond acceptors (Lipinski definition) is 3. The van der Waals surface area contributed by atoms with Gasteiger partial charge in [-0.3, -0.25) is 0 Å². The van der Waals surface area contributed by atoms with Crippen molar-refractivity contribution in [1.82, 2.24) is 4.90 Å². The first kappa shape index (κ1) is 18.4. The van der Waals surface area contributed by atoms with Crippen LogP contribution in [0.5, 0.6) is 5.75 Å². The highest BCUT2D eigenvalue weighted by Gasteiger charge is 2.47. The number of phenolic OH excluding ortho intramolecular Hbond substituents is 1. The molecule has 1 heterocycles. The maximum atomic E-state index is 13.4. The summed E-state index contributed by atoms with van der Waals surface area (Å²) in [6.07, 6.45) is 2.75. The van der Waals surface area contributed by atoms with E-state index in [0.717, 1.165) is 32.1 Å². The third-order valence-corrected chi connectivity index (χ3v) is 6.11. The number of aromatic hydroxyl groups is 1. The lowest BCUT2D eigenvalue weighted by Crippen LogP contribution is -2.32. The molecule has 0 bridgehead atoms. The zero-order valence-electron chi connectivity index (χ0n) is 15.2.